The number of unbranched alkanes of at least 4 members (excludes halogenated alkanes) is 1. The first-order valence-corrected chi connectivity index (χ1v) is 8.41. The van der Waals surface area contributed by atoms with Crippen molar-refractivity contribution in [3.8, 4) is 5.75 Å². The van der Waals surface area contributed by atoms with Gasteiger partial charge < -0.3 is 15.4 Å². The minimum Gasteiger partial charge on any atom is -0.496 e. The van der Waals surface area contributed by atoms with Crippen LogP contribution in [0, 0.1) is 0 Å². The zero-order valence-electron chi connectivity index (χ0n) is 15.2. The Balaban J connectivity index is 2.36. The first-order chi connectivity index (χ1) is 12.4. The van der Waals surface area contributed by atoms with Gasteiger partial charge in [-0.3, -0.25) is 19.1 Å². The van der Waals surface area contributed by atoms with Gasteiger partial charge in [0.25, 0.3) is 5.56 Å². The van der Waals surface area contributed by atoms with Crippen LogP contribution in [-0.4, -0.2) is 29.6 Å². The van der Waals surface area contributed by atoms with Gasteiger partial charge in [-0.25, -0.2) is 4.79 Å². The first-order valence-electron chi connectivity index (χ1n) is 8.41. The highest BCUT2D eigenvalue weighted by atomic mass is 16.5. The number of anilines is 2. The Labute approximate surface area is 151 Å². The maximum Gasteiger partial charge on any atom is 0.330 e. The Morgan fingerprint density at radius 3 is 2.65 bits per heavy atom. The van der Waals surface area contributed by atoms with Crippen LogP contribution in [0.15, 0.2) is 33.9 Å². The number of methoxy groups -OCH3 is 1. The van der Waals surface area contributed by atoms with Gasteiger partial charge in [-0.1, -0.05) is 31.5 Å². The van der Waals surface area contributed by atoms with E-state index in [2.05, 4.69) is 4.98 Å². The van der Waals surface area contributed by atoms with Crippen molar-refractivity contribution in [2.75, 3.05) is 24.8 Å². The van der Waals surface area contributed by atoms with E-state index in [0.29, 0.717) is 17.9 Å². The Kier molecular flexibility index (Phi) is 6.21. The quantitative estimate of drug-likeness (QED) is 0.769. The molecule has 0 radical (unpaired) electrons. The van der Waals surface area contributed by atoms with E-state index in [1.807, 2.05) is 13.0 Å². The molecule has 2 aromatic rings. The van der Waals surface area contributed by atoms with Crippen molar-refractivity contribution in [1.29, 1.82) is 0 Å². The van der Waals surface area contributed by atoms with Gasteiger partial charge in [0, 0.05) is 19.2 Å². The summed E-state index contributed by atoms with van der Waals surface area (Å²) in [5.41, 5.74) is 5.45. The Morgan fingerprint density at radius 1 is 1.31 bits per heavy atom. The van der Waals surface area contributed by atoms with Crippen LogP contribution in [0.5, 0.6) is 5.75 Å². The van der Waals surface area contributed by atoms with Crippen molar-refractivity contribution in [3.63, 3.8) is 0 Å². The van der Waals surface area contributed by atoms with Crippen LogP contribution >= 0.6 is 0 Å². The fourth-order valence-electron chi connectivity index (χ4n) is 2.69. The van der Waals surface area contributed by atoms with Crippen LogP contribution < -0.4 is 26.6 Å². The van der Waals surface area contributed by atoms with E-state index in [-0.39, 0.29) is 23.8 Å². The lowest BCUT2D eigenvalue weighted by Gasteiger charge is -2.20. The predicted octanol–water partition coefficient (Wildman–Crippen LogP) is 1.13. The Morgan fingerprint density at radius 2 is 2.00 bits per heavy atom. The molecule has 0 bridgehead atoms. The summed E-state index contributed by atoms with van der Waals surface area (Å²) in [6.45, 7) is 2.36. The Bertz CT molecular complexity index is 901. The average molecular weight is 360 g/mol. The normalized spacial score (nSPS) is 10.6. The topological polar surface area (TPSA) is 110 Å². The number of likely N-dealkylation sites (N-methyl/N-ethyl adjacent to an activating group) is 1. The fraction of sp³-hybridized carbons (Fsp3) is 0.389. The summed E-state index contributed by atoms with van der Waals surface area (Å²) in [6.07, 6.45) is 1.63. The molecule has 0 saturated carbocycles. The van der Waals surface area contributed by atoms with E-state index in [1.165, 1.54) is 23.6 Å². The second-order valence-electron chi connectivity index (χ2n) is 5.94. The average Bonchev–Trinajstić information content (AvgIpc) is 2.61. The van der Waals surface area contributed by atoms with E-state index < -0.39 is 11.2 Å². The molecule has 0 aliphatic heterocycles. The third kappa shape index (κ3) is 3.96. The van der Waals surface area contributed by atoms with Gasteiger partial charge in [-0.05, 0) is 12.5 Å². The monoisotopic (exact) mass is 360 g/mol. The minimum atomic E-state index is -0.684. The SMILES string of the molecule is CCCCn1c(N)c(N(C)C(=O)Cc2ccccc2OC)c(=O)[nH]c1=O. The molecule has 0 aliphatic carbocycles. The molecule has 0 aliphatic rings. The highest BCUT2D eigenvalue weighted by Gasteiger charge is 2.21. The van der Waals surface area contributed by atoms with Gasteiger partial charge in [0.2, 0.25) is 5.91 Å². The van der Waals surface area contributed by atoms with Gasteiger partial charge >= 0.3 is 5.69 Å². The lowest BCUT2D eigenvalue weighted by molar-refractivity contribution is -0.117. The number of benzene rings is 1. The summed E-state index contributed by atoms with van der Waals surface area (Å²) < 4.78 is 6.53. The number of aromatic nitrogens is 2. The summed E-state index contributed by atoms with van der Waals surface area (Å²) in [5.74, 6) is 0.236. The number of nitrogen functional groups attached to an aromatic ring is 1. The van der Waals surface area contributed by atoms with Crippen LogP contribution in [0.2, 0.25) is 0 Å². The maximum absolute atomic E-state index is 12.7. The number of hydrogen-bond acceptors (Lipinski definition) is 5. The highest BCUT2D eigenvalue weighted by molar-refractivity contribution is 5.96. The number of nitrogens with two attached hydrogens (primary N) is 1. The second kappa shape index (κ2) is 8.37. The largest absolute Gasteiger partial charge is 0.496 e. The van der Waals surface area contributed by atoms with Crippen molar-refractivity contribution < 1.29 is 9.53 Å². The van der Waals surface area contributed by atoms with Crippen LogP contribution in [0.1, 0.15) is 25.3 Å². The zero-order valence-corrected chi connectivity index (χ0v) is 15.2. The molecule has 0 unspecified atom stereocenters. The zero-order chi connectivity index (χ0) is 19.3. The molecule has 140 valence electrons. The molecular formula is C18H24N4O4. The number of amides is 1. The van der Waals surface area contributed by atoms with Crippen LogP contribution in [0.3, 0.4) is 0 Å². The third-order valence-electron chi connectivity index (χ3n) is 4.19. The molecule has 0 saturated heterocycles. The highest BCUT2D eigenvalue weighted by Crippen LogP contribution is 2.21. The molecule has 8 nitrogen and oxygen atoms in total. The standard InChI is InChI=1S/C18H24N4O4/c1-4-5-10-22-16(19)15(17(24)20-18(22)25)21(2)14(23)11-12-8-6-7-9-13(12)26-3/h6-9H,4-5,10-11,19H2,1-3H3,(H,20,24,25). The molecule has 26 heavy (non-hydrogen) atoms. The number of nitrogens with zero attached hydrogens (tertiary/aromatic N) is 2. The van der Waals surface area contributed by atoms with Crippen molar-refractivity contribution in [1.82, 2.24) is 9.55 Å². The van der Waals surface area contributed by atoms with Crippen molar-refractivity contribution in [3.05, 3.63) is 50.7 Å². The number of H-pyrrole nitrogens is 1. The second-order valence-corrected chi connectivity index (χ2v) is 5.94. The number of hydrogen-bond donors (Lipinski definition) is 2. The summed E-state index contributed by atoms with van der Waals surface area (Å²) >= 11 is 0. The molecule has 1 heterocycles. The first kappa shape index (κ1) is 19.3. The number of carbonyl (C=O) groups excluding carboxylic acids is 1. The summed E-state index contributed by atoms with van der Waals surface area (Å²) in [6, 6.07) is 7.15. The smallest absolute Gasteiger partial charge is 0.330 e. The number of aromatic amines is 1. The van der Waals surface area contributed by atoms with Crippen molar-refractivity contribution in [2.24, 2.45) is 0 Å². The number of nitrogens with one attached hydrogen (secondary N) is 1. The van der Waals surface area contributed by atoms with E-state index >= 15 is 0 Å². The predicted molar refractivity (Wildman–Crippen MR) is 101 cm³/mol. The van der Waals surface area contributed by atoms with E-state index in [0.717, 1.165) is 12.8 Å². The van der Waals surface area contributed by atoms with Crippen molar-refractivity contribution in [2.45, 2.75) is 32.7 Å². The molecule has 0 fully saturated rings. The third-order valence-corrected chi connectivity index (χ3v) is 4.19. The Hall–Kier alpha value is -3.03. The molecule has 1 aromatic carbocycles. The van der Waals surface area contributed by atoms with E-state index in [4.69, 9.17) is 10.5 Å². The van der Waals surface area contributed by atoms with E-state index in [9.17, 15) is 14.4 Å². The molecule has 2 rings (SSSR count). The lowest BCUT2D eigenvalue weighted by Crippen LogP contribution is -2.39. The van der Waals surface area contributed by atoms with Gasteiger partial charge in [0.1, 0.15) is 11.6 Å². The van der Waals surface area contributed by atoms with Crippen LogP contribution in [0.4, 0.5) is 11.5 Å². The molecule has 8 heteroatoms. The number of ether oxygens (including phenoxy) is 1. The van der Waals surface area contributed by atoms with Crippen molar-refractivity contribution >= 4 is 17.4 Å². The summed E-state index contributed by atoms with van der Waals surface area (Å²) in [5, 5.41) is 0. The van der Waals surface area contributed by atoms with Gasteiger partial charge in [0.05, 0.1) is 13.5 Å². The lowest BCUT2D eigenvalue weighted by atomic mass is 10.1. The van der Waals surface area contributed by atoms with Gasteiger partial charge in [-0.15, -0.1) is 0 Å². The maximum atomic E-state index is 12.7. The molecular weight excluding hydrogens is 336 g/mol. The molecule has 0 atom stereocenters. The number of para-hydroxylation sites is 1. The van der Waals surface area contributed by atoms with Crippen LogP contribution in [0.25, 0.3) is 0 Å². The fourth-order valence-corrected chi connectivity index (χ4v) is 2.69. The summed E-state index contributed by atoms with van der Waals surface area (Å²) in [7, 11) is 2.99. The molecule has 1 amide bonds. The molecule has 0 spiro atoms. The number of carbonyl (C=O) groups is 1. The number of rotatable bonds is 7. The van der Waals surface area contributed by atoms with Gasteiger partial charge in [0.15, 0.2) is 5.69 Å². The minimum absolute atomic E-state index is 0.0110. The molecule has 1 aromatic heterocycles. The van der Waals surface area contributed by atoms with Gasteiger partial charge in [-0.2, -0.15) is 0 Å². The van der Waals surface area contributed by atoms with E-state index in [1.54, 1.807) is 18.2 Å². The molecule has 3 N–H and O–H groups in total. The van der Waals surface area contributed by atoms with Crippen LogP contribution in [-0.2, 0) is 17.8 Å². The summed E-state index contributed by atoms with van der Waals surface area (Å²) in [4.78, 5) is 40.3.